The second-order valence-electron chi connectivity index (χ2n) is 8.57. The lowest BCUT2D eigenvalue weighted by molar-refractivity contribution is 1.48. The Kier molecular flexibility index (Phi) is 6.89. The number of fused-ring (bicyclic) bond motifs is 2. The molecule has 0 aliphatic rings. The SMILES string of the molecule is N#CC(C#N)=c1sc2c(-c3ccc(C#N)cc3)c3c(C#N)c(=C(C#N)C#N)sc3c(-c3ccc(C#N)cc3)c2c1C#N. The molecule has 3 aromatic carbocycles. The maximum Gasteiger partial charge on any atom is 0.148 e. The molecule has 42 heavy (non-hydrogen) atoms. The number of nitrogens with zero attached hydrogens (tertiary/aromatic N) is 8. The van der Waals surface area contributed by atoms with E-state index >= 15 is 0 Å². The third-order valence-electron chi connectivity index (χ3n) is 6.50. The van der Waals surface area contributed by atoms with Crippen LogP contribution in [0.15, 0.2) is 48.5 Å². The van der Waals surface area contributed by atoms with Crippen molar-refractivity contribution in [1.29, 1.82) is 42.1 Å². The smallest absolute Gasteiger partial charge is 0.148 e. The summed E-state index contributed by atoms with van der Waals surface area (Å²) >= 11 is 2.11. The van der Waals surface area contributed by atoms with Crippen LogP contribution in [0.5, 0.6) is 0 Å². The van der Waals surface area contributed by atoms with E-state index in [1.807, 2.05) is 24.3 Å². The zero-order valence-electron chi connectivity index (χ0n) is 21.0. The van der Waals surface area contributed by atoms with E-state index in [9.17, 15) is 42.1 Å². The highest BCUT2D eigenvalue weighted by molar-refractivity contribution is 7.20. The summed E-state index contributed by atoms with van der Waals surface area (Å²) in [5.41, 5.74) is 2.62. The Hall–Kier alpha value is -6.76. The summed E-state index contributed by atoms with van der Waals surface area (Å²) in [6, 6.07) is 29.1. The average Bonchev–Trinajstić information content (AvgIpc) is 3.60. The summed E-state index contributed by atoms with van der Waals surface area (Å²) in [6.07, 6.45) is 0. The van der Waals surface area contributed by atoms with E-state index in [4.69, 9.17) is 0 Å². The van der Waals surface area contributed by atoms with Gasteiger partial charge in [-0.25, -0.2) is 0 Å². The molecule has 2 heterocycles. The van der Waals surface area contributed by atoms with Gasteiger partial charge in [0.2, 0.25) is 0 Å². The first-order valence-electron chi connectivity index (χ1n) is 11.7. The van der Waals surface area contributed by atoms with Crippen molar-refractivity contribution in [3.8, 4) is 70.8 Å². The van der Waals surface area contributed by atoms with E-state index in [0.29, 0.717) is 53.6 Å². The number of nitriles is 8. The summed E-state index contributed by atoms with van der Waals surface area (Å²) in [5, 5.41) is 79.2. The van der Waals surface area contributed by atoms with E-state index < -0.39 is 0 Å². The molecule has 188 valence electrons. The summed E-state index contributed by atoms with van der Waals surface area (Å²) < 4.78 is 1.33. The first kappa shape index (κ1) is 26.8. The van der Waals surface area contributed by atoms with Gasteiger partial charge in [-0.15, -0.1) is 22.7 Å². The molecule has 0 fully saturated rings. The zero-order valence-corrected chi connectivity index (χ0v) is 22.6. The van der Waals surface area contributed by atoms with Crippen molar-refractivity contribution in [1.82, 2.24) is 0 Å². The topological polar surface area (TPSA) is 190 Å². The van der Waals surface area contributed by atoms with Crippen molar-refractivity contribution < 1.29 is 0 Å². The van der Waals surface area contributed by atoms with Gasteiger partial charge >= 0.3 is 0 Å². The number of hydrogen-bond acceptors (Lipinski definition) is 10. The monoisotopic (exact) mass is 568 g/mol. The first-order chi connectivity index (χ1) is 20.5. The molecule has 8 nitrogen and oxygen atoms in total. The summed E-state index contributed by atoms with van der Waals surface area (Å²) in [7, 11) is 0. The lowest BCUT2D eigenvalue weighted by atomic mass is 9.90. The number of thiophene rings is 2. The van der Waals surface area contributed by atoms with Crippen molar-refractivity contribution in [2.75, 3.05) is 0 Å². The molecule has 5 aromatic rings. The molecule has 0 aliphatic heterocycles. The Balaban J connectivity index is 2.23. The second kappa shape index (κ2) is 10.8. The molecule has 2 aromatic heterocycles. The lowest BCUT2D eigenvalue weighted by Crippen LogP contribution is -2.02. The average molecular weight is 569 g/mol. The fourth-order valence-electron chi connectivity index (χ4n) is 4.71. The molecular weight excluding hydrogens is 561 g/mol. The fourth-order valence-corrected chi connectivity index (χ4v) is 7.26. The van der Waals surface area contributed by atoms with Crippen molar-refractivity contribution in [3.05, 3.63) is 79.8 Å². The van der Waals surface area contributed by atoms with E-state index in [1.165, 1.54) is 0 Å². The summed E-state index contributed by atoms with van der Waals surface area (Å²) in [6.45, 7) is 0. The molecule has 0 unspecified atom stereocenters. The normalized spacial score (nSPS) is 9.71. The molecule has 10 heteroatoms. The van der Waals surface area contributed by atoms with Gasteiger partial charge in [0.25, 0.3) is 0 Å². The minimum absolute atomic E-state index is 0.0856. The zero-order chi connectivity index (χ0) is 30.0. The Bertz CT molecular complexity index is 2270. The van der Waals surface area contributed by atoms with Crippen molar-refractivity contribution in [2.45, 2.75) is 0 Å². The molecule has 0 saturated heterocycles. The Morgan fingerprint density at radius 2 is 0.786 bits per heavy atom. The standard InChI is InChI=1S/C32H8N8S2/c33-9-17-1-5-19(6-2-17)25-27-23(15-39)29(21(11-35)12-36)42-32(27)26(20-7-3-18(10-34)4-8-20)28-24(16-40)30(41-31(25)28)22(13-37)14-38/h1-8H. The molecule has 0 saturated carbocycles. The van der Waals surface area contributed by atoms with Gasteiger partial charge in [-0.2, -0.15) is 42.1 Å². The molecule has 0 N–H and O–H groups in total. The summed E-state index contributed by atoms with van der Waals surface area (Å²) in [5.74, 6) is 0. The van der Waals surface area contributed by atoms with Gasteiger partial charge < -0.3 is 0 Å². The summed E-state index contributed by atoms with van der Waals surface area (Å²) in [4.78, 5) is 0. The molecule has 0 amide bonds. The predicted molar refractivity (Wildman–Crippen MR) is 155 cm³/mol. The molecule has 0 atom stereocenters. The van der Waals surface area contributed by atoms with Crippen LogP contribution in [-0.2, 0) is 0 Å². The van der Waals surface area contributed by atoms with Gasteiger partial charge in [-0.05, 0) is 35.4 Å². The minimum Gasteiger partial charge on any atom is -0.192 e. The number of rotatable bonds is 2. The van der Waals surface area contributed by atoms with Crippen LogP contribution in [0.1, 0.15) is 22.3 Å². The van der Waals surface area contributed by atoms with Gasteiger partial charge in [0.1, 0.15) is 47.6 Å². The molecule has 0 radical (unpaired) electrons. The molecule has 0 bridgehead atoms. The van der Waals surface area contributed by atoms with Crippen molar-refractivity contribution in [3.63, 3.8) is 0 Å². The lowest BCUT2D eigenvalue weighted by Gasteiger charge is -2.13. The van der Waals surface area contributed by atoms with Crippen LogP contribution in [0.4, 0.5) is 0 Å². The van der Waals surface area contributed by atoms with Crippen molar-refractivity contribution >= 4 is 54.0 Å². The largest absolute Gasteiger partial charge is 0.192 e. The maximum atomic E-state index is 10.4. The third kappa shape index (κ3) is 3.97. The van der Waals surface area contributed by atoms with Gasteiger partial charge in [0.05, 0.1) is 43.5 Å². The van der Waals surface area contributed by atoms with Crippen LogP contribution in [-0.4, -0.2) is 0 Å². The highest BCUT2D eigenvalue weighted by atomic mass is 32.1. The van der Waals surface area contributed by atoms with Gasteiger partial charge in [0.15, 0.2) is 0 Å². The quantitative estimate of drug-likeness (QED) is 0.273. The Labute approximate surface area is 246 Å². The maximum absolute atomic E-state index is 10.4. The third-order valence-corrected chi connectivity index (χ3v) is 8.95. The van der Waals surface area contributed by atoms with Crippen LogP contribution in [0.2, 0.25) is 0 Å². The highest BCUT2D eigenvalue weighted by Gasteiger charge is 2.27. The molecule has 0 aliphatic carbocycles. The minimum atomic E-state index is -0.251. The van der Waals surface area contributed by atoms with Gasteiger partial charge in [0, 0.05) is 31.3 Å². The van der Waals surface area contributed by atoms with Gasteiger partial charge in [-0.1, -0.05) is 24.3 Å². The van der Waals surface area contributed by atoms with E-state index in [-0.39, 0.29) is 31.3 Å². The first-order valence-corrected chi connectivity index (χ1v) is 13.4. The number of benzene rings is 3. The van der Waals surface area contributed by atoms with E-state index in [0.717, 1.165) is 22.7 Å². The van der Waals surface area contributed by atoms with Crippen LogP contribution >= 0.6 is 22.7 Å². The van der Waals surface area contributed by atoms with Crippen molar-refractivity contribution in [2.24, 2.45) is 0 Å². The van der Waals surface area contributed by atoms with Crippen LogP contribution in [0.3, 0.4) is 0 Å². The van der Waals surface area contributed by atoms with Crippen LogP contribution < -0.4 is 9.06 Å². The van der Waals surface area contributed by atoms with Crippen LogP contribution in [0, 0.1) is 90.6 Å². The number of hydrogen-bond donors (Lipinski definition) is 0. The Morgan fingerprint density at radius 3 is 1.05 bits per heavy atom. The second-order valence-corrected chi connectivity index (χ2v) is 10.6. The van der Waals surface area contributed by atoms with E-state index in [2.05, 4.69) is 24.3 Å². The highest BCUT2D eigenvalue weighted by Crippen LogP contribution is 2.48. The van der Waals surface area contributed by atoms with Gasteiger partial charge in [-0.3, -0.25) is 0 Å². The van der Waals surface area contributed by atoms with E-state index in [1.54, 1.807) is 48.5 Å². The Morgan fingerprint density at radius 1 is 0.452 bits per heavy atom. The molecular formula is C32H8N8S2. The molecule has 0 spiro atoms. The van der Waals surface area contributed by atoms with Crippen LogP contribution in [0.25, 0.3) is 53.6 Å². The fraction of sp³-hybridized carbons (Fsp3) is 0. The molecule has 5 rings (SSSR count). The predicted octanol–water partition coefficient (Wildman–Crippen LogP) is 5.33.